The van der Waals surface area contributed by atoms with Crippen molar-refractivity contribution >= 4 is 29.7 Å². The van der Waals surface area contributed by atoms with Crippen molar-refractivity contribution in [2.24, 2.45) is 5.92 Å². The van der Waals surface area contributed by atoms with E-state index >= 15 is 0 Å². The van der Waals surface area contributed by atoms with Crippen LogP contribution in [-0.4, -0.2) is 63.8 Å². The predicted molar refractivity (Wildman–Crippen MR) is 78.0 cm³/mol. The molecular formula is C14H19N3O6. The van der Waals surface area contributed by atoms with E-state index < -0.39 is 42.3 Å². The maximum absolute atomic E-state index is 11.9. The van der Waals surface area contributed by atoms with E-state index in [0.717, 1.165) is 0 Å². The first kappa shape index (κ1) is 18.3. The summed E-state index contributed by atoms with van der Waals surface area (Å²) in [6.45, 7) is 6.10. The fraction of sp³-hybridized carbons (Fsp3) is 0.500. The van der Waals surface area contributed by atoms with Gasteiger partial charge in [0.2, 0.25) is 5.91 Å². The molecule has 2 N–H and O–H groups in total. The zero-order valence-electron chi connectivity index (χ0n) is 12.9. The summed E-state index contributed by atoms with van der Waals surface area (Å²) in [6, 6.07) is -2.05. The van der Waals surface area contributed by atoms with E-state index in [-0.39, 0.29) is 18.9 Å². The minimum atomic E-state index is -1.21. The van der Waals surface area contributed by atoms with Gasteiger partial charge in [0, 0.05) is 6.54 Å². The molecule has 1 fully saturated rings. The lowest BCUT2D eigenvalue weighted by molar-refractivity contribution is -0.144. The zero-order valence-corrected chi connectivity index (χ0v) is 12.9. The van der Waals surface area contributed by atoms with Crippen molar-refractivity contribution in [3.63, 3.8) is 0 Å². The second kappa shape index (κ2) is 7.52. The molecule has 5 amide bonds. The number of rotatable bonds is 8. The first-order valence-corrected chi connectivity index (χ1v) is 6.99. The van der Waals surface area contributed by atoms with E-state index in [1.165, 1.54) is 6.08 Å². The van der Waals surface area contributed by atoms with Crippen molar-refractivity contribution in [2.75, 3.05) is 13.1 Å². The van der Waals surface area contributed by atoms with Gasteiger partial charge in [-0.3, -0.25) is 19.3 Å². The Hall–Kier alpha value is -2.71. The van der Waals surface area contributed by atoms with Gasteiger partial charge in [-0.1, -0.05) is 19.9 Å². The summed E-state index contributed by atoms with van der Waals surface area (Å²) in [5.41, 5.74) is 0. The highest BCUT2D eigenvalue weighted by molar-refractivity contribution is 6.45. The average Bonchev–Trinajstić information content (AvgIpc) is 2.64. The highest BCUT2D eigenvalue weighted by Gasteiger charge is 2.44. The largest absolute Gasteiger partial charge is 0.480 e. The maximum atomic E-state index is 11.9. The van der Waals surface area contributed by atoms with Gasteiger partial charge < -0.3 is 10.4 Å². The topological polar surface area (TPSA) is 124 Å². The second-order valence-electron chi connectivity index (χ2n) is 5.47. The van der Waals surface area contributed by atoms with Gasteiger partial charge in [0.05, 0.1) is 0 Å². The Morgan fingerprint density at radius 3 is 2.26 bits per heavy atom. The van der Waals surface area contributed by atoms with Crippen molar-refractivity contribution in [1.29, 1.82) is 0 Å². The summed E-state index contributed by atoms with van der Waals surface area (Å²) >= 11 is 0. The fourth-order valence-corrected chi connectivity index (χ4v) is 2.06. The van der Waals surface area contributed by atoms with Gasteiger partial charge in [-0.2, -0.15) is 0 Å². The van der Waals surface area contributed by atoms with E-state index in [4.69, 9.17) is 5.11 Å². The molecule has 0 aromatic rings. The predicted octanol–water partition coefficient (Wildman–Crippen LogP) is -0.421. The van der Waals surface area contributed by atoms with Crippen LogP contribution < -0.4 is 5.32 Å². The molecule has 1 aliphatic heterocycles. The molecule has 9 heteroatoms. The van der Waals surface area contributed by atoms with Crippen LogP contribution in [0.25, 0.3) is 0 Å². The van der Waals surface area contributed by atoms with Crippen molar-refractivity contribution in [3.05, 3.63) is 12.7 Å². The van der Waals surface area contributed by atoms with Crippen molar-refractivity contribution in [1.82, 2.24) is 15.1 Å². The van der Waals surface area contributed by atoms with Crippen LogP contribution in [0.1, 0.15) is 20.3 Å². The molecule has 0 radical (unpaired) electrons. The summed E-state index contributed by atoms with van der Waals surface area (Å²) in [4.78, 5) is 59.4. The number of carboxylic acid groups (broad SMARTS) is 1. The van der Waals surface area contributed by atoms with Gasteiger partial charge in [-0.05, 0) is 12.3 Å². The number of urea groups is 1. The molecule has 9 nitrogen and oxygen atoms in total. The van der Waals surface area contributed by atoms with Gasteiger partial charge in [0.25, 0.3) is 0 Å². The van der Waals surface area contributed by atoms with Crippen LogP contribution in [0.3, 0.4) is 0 Å². The molecule has 0 bridgehead atoms. The SMILES string of the molecule is C=CCN1C(=O)C(=O)N(CC(=O)NC(CC(C)C)C(=O)O)C1=O. The molecular weight excluding hydrogens is 306 g/mol. The molecule has 0 spiro atoms. The Balaban J connectivity index is 2.74. The summed E-state index contributed by atoms with van der Waals surface area (Å²) in [5.74, 6) is -4.18. The fourth-order valence-electron chi connectivity index (χ4n) is 2.06. The highest BCUT2D eigenvalue weighted by Crippen LogP contribution is 2.12. The summed E-state index contributed by atoms with van der Waals surface area (Å²) < 4.78 is 0. The van der Waals surface area contributed by atoms with E-state index in [2.05, 4.69) is 11.9 Å². The Bertz CT molecular complexity index is 557. The average molecular weight is 325 g/mol. The lowest BCUT2D eigenvalue weighted by atomic mass is 10.0. The molecule has 126 valence electrons. The normalized spacial score (nSPS) is 16.0. The third-order valence-electron chi connectivity index (χ3n) is 3.09. The Kier molecular flexibility index (Phi) is 6.00. The summed E-state index contributed by atoms with van der Waals surface area (Å²) in [5, 5.41) is 11.3. The lowest BCUT2D eigenvalue weighted by Crippen LogP contribution is -2.47. The minimum absolute atomic E-state index is 0.0242. The van der Waals surface area contributed by atoms with E-state index in [1.54, 1.807) is 13.8 Å². The molecule has 23 heavy (non-hydrogen) atoms. The van der Waals surface area contributed by atoms with E-state index in [0.29, 0.717) is 9.80 Å². The number of carbonyl (C=O) groups is 5. The standard InChI is InChI=1S/C14H19N3O6/c1-4-5-16-11(19)12(20)17(14(16)23)7-10(18)15-9(13(21)22)6-8(2)3/h4,8-9H,1,5-7H2,2-3H3,(H,15,18)(H,21,22). The van der Waals surface area contributed by atoms with Gasteiger partial charge >= 0.3 is 23.8 Å². The molecule has 1 saturated heterocycles. The molecule has 1 aliphatic rings. The smallest absolute Gasteiger partial charge is 0.335 e. The number of aliphatic carboxylic acids is 1. The van der Waals surface area contributed by atoms with Gasteiger partial charge in [0.15, 0.2) is 0 Å². The van der Waals surface area contributed by atoms with Crippen LogP contribution >= 0.6 is 0 Å². The summed E-state index contributed by atoms with van der Waals surface area (Å²) in [7, 11) is 0. The lowest BCUT2D eigenvalue weighted by Gasteiger charge is -2.18. The van der Waals surface area contributed by atoms with Crippen LogP contribution in [0.2, 0.25) is 0 Å². The van der Waals surface area contributed by atoms with Gasteiger partial charge in [0.1, 0.15) is 12.6 Å². The van der Waals surface area contributed by atoms with E-state index in [1.807, 2.05) is 0 Å². The Labute approximate surface area is 132 Å². The maximum Gasteiger partial charge on any atom is 0.335 e. The molecule has 0 aliphatic carbocycles. The van der Waals surface area contributed by atoms with Crippen LogP contribution in [0.5, 0.6) is 0 Å². The van der Waals surface area contributed by atoms with E-state index in [9.17, 15) is 24.0 Å². The quantitative estimate of drug-likeness (QED) is 0.355. The zero-order chi connectivity index (χ0) is 17.7. The first-order chi connectivity index (χ1) is 10.7. The van der Waals surface area contributed by atoms with Crippen LogP contribution in [-0.2, 0) is 19.2 Å². The van der Waals surface area contributed by atoms with Crippen molar-refractivity contribution < 1.29 is 29.1 Å². The van der Waals surface area contributed by atoms with Gasteiger partial charge in [-0.15, -0.1) is 6.58 Å². The number of imide groups is 2. The molecule has 1 rings (SSSR count). The number of hydrogen-bond acceptors (Lipinski definition) is 5. The first-order valence-electron chi connectivity index (χ1n) is 6.99. The molecule has 0 saturated carbocycles. The Morgan fingerprint density at radius 1 is 1.22 bits per heavy atom. The van der Waals surface area contributed by atoms with Crippen LogP contribution in [0.4, 0.5) is 4.79 Å². The van der Waals surface area contributed by atoms with Crippen molar-refractivity contribution in [2.45, 2.75) is 26.3 Å². The molecule has 0 aromatic heterocycles. The third kappa shape index (κ3) is 4.38. The third-order valence-corrected chi connectivity index (χ3v) is 3.09. The number of carboxylic acids is 1. The Morgan fingerprint density at radius 2 is 1.78 bits per heavy atom. The number of nitrogens with zero attached hydrogens (tertiary/aromatic N) is 2. The number of amides is 5. The number of nitrogens with one attached hydrogen (secondary N) is 1. The molecule has 1 heterocycles. The van der Waals surface area contributed by atoms with Crippen molar-refractivity contribution in [3.8, 4) is 0 Å². The molecule has 1 atom stereocenters. The number of hydrogen-bond donors (Lipinski definition) is 2. The highest BCUT2D eigenvalue weighted by atomic mass is 16.4. The minimum Gasteiger partial charge on any atom is -0.480 e. The van der Waals surface area contributed by atoms with Crippen LogP contribution in [0.15, 0.2) is 12.7 Å². The molecule has 1 unspecified atom stereocenters. The monoisotopic (exact) mass is 325 g/mol. The summed E-state index contributed by atoms with van der Waals surface area (Å²) in [6.07, 6.45) is 1.47. The van der Waals surface area contributed by atoms with Crippen LogP contribution in [0, 0.1) is 5.92 Å². The molecule has 0 aromatic carbocycles. The number of carbonyl (C=O) groups excluding carboxylic acids is 4. The second-order valence-corrected chi connectivity index (χ2v) is 5.47. The van der Waals surface area contributed by atoms with Gasteiger partial charge in [-0.25, -0.2) is 14.5 Å².